The Hall–Kier alpha value is -2.25. The fourth-order valence-corrected chi connectivity index (χ4v) is 3.97. The van der Waals surface area contributed by atoms with Gasteiger partial charge in [0.05, 0.1) is 22.6 Å². The molecule has 2 aromatic rings. The lowest BCUT2D eigenvalue weighted by Crippen LogP contribution is -2.44. The van der Waals surface area contributed by atoms with Gasteiger partial charge in [0.15, 0.2) is 0 Å². The summed E-state index contributed by atoms with van der Waals surface area (Å²) in [6.45, 7) is 7.04. The van der Waals surface area contributed by atoms with E-state index in [0.717, 1.165) is 11.3 Å². The molecule has 3 rings (SSSR count). The van der Waals surface area contributed by atoms with Crippen molar-refractivity contribution in [3.05, 3.63) is 52.0 Å². The molecule has 0 fully saturated rings. The van der Waals surface area contributed by atoms with Gasteiger partial charge in [0.1, 0.15) is 0 Å². The second kappa shape index (κ2) is 8.41. The topological polar surface area (TPSA) is 82.5 Å². The summed E-state index contributed by atoms with van der Waals surface area (Å²) in [5, 5.41) is 15.0. The first-order valence-electron chi connectivity index (χ1n) is 9.49. The van der Waals surface area contributed by atoms with Crippen molar-refractivity contribution in [1.29, 1.82) is 0 Å². The summed E-state index contributed by atoms with van der Waals surface area (Å²) in [6.07, 6.45) is 1.66. The van der Waals surface area contributed by atoms with Gasteiger partial charge in [0.2, 0.25) is 5.91 Å². The summed E-state index contributed by atoms with van der Waals surface area (Å²) in [4.78, 5) is 32.5. The molecule has 0 spiro atoms. The maximum atomic E-state index is 12.9. The van der Waals surface area contributed by atoms with Crippen LogP contribution in [0.2, 0.25) is 0 Å². The van der Waals surface area contributed by atoms with Gasteiger partial charge in [0, 0.05) is 25.8 Å². The Labute approximate surface area is 169 Å². The highest BCUT2D eigenvalue weighted by Gasteiger charge is 2.34. The number of aliphatic hydroxyl groups excluding tert-OH is 1. The predicted octanol–water partition coefficient (Wildman–Crippen LogP) is 2.80. The fourth-order valence-electron chi connectivity index (χ4n) is 3.28. The highest BCUT2D eigenvalue weighted by atomic mass is 32.1. The molecule has 150 valence electrons. The lowest BCUT2D eigenvalue weighted by atomic mass is 9.87. The molecule has 2 unspecified atom stereocenters. The molecule has 0 aliphatic carbocycles. The van der Waals surface area contributed by atoms with Gasteiger partial charge in [0.25, 0.3) is 5.91 Å². The van der Waals surface area contributed by atoms with Gasteiger partial charge >= 0.3 is 0 Å². The summed E-state index contributed by atoms with van der Waals surface area (Å²) >= 11 is 1.40. The largest absolute Gasteiger partial charge is 0.393 e. The van der Waals surface area contributed by atoms with Crippen LogP contribution in [0.15, 0.2) is 35.8 Å². The molecule has 2 amide bonds. The first-order valence-corrected chi connectivity index (χ1v) is 10.4. The number of pyridine rings is 1. The van der Waals surface area contributed by atoms with Gasteiger partial charge in [-0.15, -0.1) is 11.3 Å². The van der Waals surface area contributed by atoms with E-state index in [2.05, 4.69) is 10.3 Å². The number of nitrogens with one attached hydrogen (secondary N) is 1. The standard InChI is InChI=1S/C21H27N3O3S/c1-21(2,3)17(25)8-10-23-19(26)15-13-24(20(27)16-7-5-11-28-16)12-14-6-4-9-22-18(14)15/h4-7,9,11,15,17,25H,8,10,12-13H2,1-3H3,(H,23,26). The monoisotopic (exact) mass is 401 g/mol. The summed E-state index contributed by atoms with van der Waals surface area (Å²) in [5.74, 6) is -0.740. The number of nitrogens with zero attached hydrogens (tertiary/aromatic N) is 2. The minimum absolute atomic E-state index is 0.0644. The number of hydrogen-bond donors (Lipinski definition) is 2. The third-order valence-corrected chi connectivity index (χ3v) is 5.93. The maximum absolute atomic E-state index is 12.9. The van der Waals surface area contributed by atoms with Gasteiger partial charge < -0.3 is 15.3 Å². The van der Waals surface area contributed by atoms with E-state index in [1.54, 1.807) is 17.2 Å². The normalized spacial score (nSPS) is 17.7. The van der Waals surface area contributed by atoms with Crippen molar-refractivity contribution in [2.45, 2.75) is 45.8 Å². The number of aromatic nitrogens is 1. The molecule has 0 bridgehead atoms. The highest BCUT2D eigenvalue weighted by molar-refractivity contribution is 7.12. The molecule has 28 heavy (non-hydrogen) atoms. The van der Waals surface area contributed by atoms with Crippen LogP contribution in [0.1, 0.15) is 54.0 Å². The molecule has 1 aliphatic rings. The number of thiophene rings is 1. The number of aliphatic hydroxyl groups is 1. The van der Waals surface area contributed by atoms with E-state index >= 15 is 0 Å². The third kappa shape index (κ3) is 4.59. The van der Waals surface area contributed by atoms with Crippen molar-refractivity contribution in [2.24, 2.45) is 5.41 Å². The Morgan fingerprint density at radius 2 is 2.14 bits per heavy atom. The van der Waals surface area contributed by atoms with Crippen LogP contribution in [-0.2, 0) is 11.3 Å². The second-order valence-electron chi connectivity index (χ2n) is 8.22. The number of amides is 2. The zero-order chi connectivity index (χ0) is 20.3. The van der Waals surface area contributed by atoms with Gasteiger partial charge in [-0.25, -0.2) is 0 Å². The summed E-state index contributed by atoms with van der Waals surface area (Å²) in [6, 6.07) is 7.39. The van der Waals surface area contributed by atoms with E-state index in [1.807, 2.05) is 44.4 Å². The smallest absolute Gasteiger partial charge is 0.264 e. The minimum Gasteiger partial charge on any atom is -0.393 e. The average molecular weight is 402 g/mol. The van der Waals surface area contributed by atoms with E-state index < -0.39 is 12.0 Å². The van der Waals surface area contributed by atoms with E-state index in [4.69, 9.17) is 0 Å². The number of carbonyl (C=O) groups is 2. The van der Waals surface area contributed by atoms with Crippen molar-refractivity contribution in [3.8, 4) is 0 Å². The molecule has 7 heteroatoms. The molecule has 2 atom stereocenters. The first kappa shape index (κ1) is 20.5. The van der Waals surface area contributed by atoms with Crippen LogP contribution < -0.4 is 5.32 Å². The molecule has 0 aromatic carbocycles. The van der Waals surface area contributed by atoms with Crippen molar-refractivity contribution in [3.63, 3.8) is 0 Å². The van der Waals surface area contributed by atoms with Gasteiger partial charge in [-0.2, -0.15) is 0 Å². The van der Waals surface area contributed by atoms with E-state index in [-0.39, 0.29) is 17.2 Å². The van der Waals surface area contributed by atoms with Crippen LogP contribution in [0, 0.1) is 5.41 Å². The first-order chi connectivity index (χ1) is 13.3. The Morgan fingerprint density at radius 3 is 2.82 bits per heavy atom. The molecule has 0 saturated heterocycles. The van der Waals surface area contributed by atoms with E-state index in [0.29, 0.717) is 30.9 Å². The fraction of sp³-hybridized carbons (Fsp3) is 0.476. The lowest BCUT2D eigenvalue weighted by Gasteiger charge is -2.33. The van der Waals surface area contributed by atoms with Crippen LogP contribution in [0.25, 0.3) is 0 Å². The zero-order valence-electron chi connectivity index (χ0n) is 16.5. The number of carbonyl (C=O) groups excluding carboxylic acids is 2. The van der Waals surface area contributed by atoms with Crippen LogP contribution >= 0.6 is 11.3 Å². The van der Waals surface area contributed by atoms with Crippen molar-refractivity contribution < 1.29 is 14.7 Å². The van der Waals surface area contributed by atoms with Crippen LogP contribution in [0.5, 0.6) is 0 Å². The number of hydrogen-bond acceptors (Lipinski definition) is 5. The Balaban J connectivity index is 1.71. The van der Waals surface area contributed by atoms with Crippen molar-refractivity contribution in [2.75, 3.05) is 13.1 Å². The molecule has 2 aromatic heterocycles. The van der Waals surface area contributed by atoms with Crippen LogP contribution in [0.3, 0.4) is 0 Å². The van der Waals surface area contributed by atoms with Gasteiger partial charge in [-0.05, 0) is 34.9 Å². The number of fused-ring (bicyclic) bond motifs is 1. The molecule has 0 radical (unpaired) electrons. The molecule has 1 aliphatic heterocycles. The number of rotatable bonds is 5. The SMILES string of the molecule is CC(C)(C)C(O)CCNC(=O)C1CN(C(=O)c2cccs2)Cc2cccnc21. The molecule has 6 nitrogen and oxygen atoms in total. The zero-order valence-corrected chi connectivity index (χ0v) is 17.3. The Kier molecular flexibility index (Phi) is 6.15. The van der Waals surface area contributed by atoms with E-state index in [9.17, 15) is 14.7 Å². The molecular weight excluding hydrogens is 374 g/mol. The highest BCUT2D eigenvalue weighted by Crippen LogP contribution is 2.28. The van der Waals surface area contributed by atoms with Crippen molar-refractivity contribution in [1.82, 2.24) is 15.2 Å². The van der Waals surface area contributed by atoms with Crippen LogP contribution in [-0.4, -0.2) is 46.0 Å². The summed E-state index contributed by atoms with van der Waals surface area (Å²) in [5.41, 5.74) is 1.40. The molecule has 3 heterocycles. The quantitative estimate of drug-likeness (QED) is 0.807. The van der Waals surface area contributed by atoms with Crippen LogP contribution in [0.4, 0.5) is 0 Å². The molecular formula is C21H27N3O3S. The van der Waals surface area contributed by atoms with Crippen molar-refractivity contribution >= 4 is 23.2 Å². The Bertz CT molecular complexity index is 830. The summed E-state index contributed by atoms with van der Waals surface area (Å²) < 4.78 is 0. The second-order valence-corrected chi connectivity index (χ2v) is 9.17. The summed E-state index contributed by atoms with van der Waals surface area (Å²) in [7, 11) is 0. The molecule has 2 N–H and O–H groups in total. The van der Waals surface area contributed by atoms with E-state index in [1.165, 1.54) is 11.3 Å². The maximum Gasteiger partial charge on any atom is 0.264 e. The van der Waals surface area contributed by atoms with Gasteiger partial charge in [-0.1, -0.05) is 32.9 Å². The Morgan fingerprint density at radius 1 is 1.36 bits per heavy atom. The average Bonchev–Trinajstić information content (AvgIpc) is 3.20. The predicted molar refractivity (Wildman–Crippen MR) is 109 cm³/mol. The molecule has 0 saturated carbocycles. The minimum atomic E-state index is -0.513. The van der Waals surface area contributed by atoms with Gasteiger partial charge in [-0.3, -0.25) is 14.6 Å². The third-order valence-electron chi connectivity index (χ3n) is 5.07. The lowest BCUT2D eigenvalue weighted by molar-refractivity contribution is -0.123.